The largest absolute Gasteiger partial charge is 0.392 e. The van der Waals surface area contributed by atoms with Crippen LogP contribution in [0.1, 0.15) is 26.2 Å². The van der Waals surface area contributed by atoms with Gasteiger partial charge in [-0.1, -0.05) is 13.0 Å². The van der Waals surface area contributed by atoms with Crippen LogP contribution in [0.3, 0.4) is 0 Å². The SMILES string of the molecule is CC[C@@H]1CCC=C1CO. The highest BCUT2D eigenvalue weighted by Crippen LogP contribution is 2.27. The second-order valence-corrected chi connectivity index (χ2v) is 2.62. The molecule has 1 aliphatic carbocycles. The maximum absolute atomic E-state index is 8.80. The van der Waals surface area contributed by atoms with Gasteiger partial charge in [0, 0.05) is 0 Å². The molecule has 1 N–H and O–H groups in total. The van der Waals surface area contributed by atoms with Gasteiger partial charge in [-0.15, -0.1) is 0 Å². The zero-order valence-electron chi connectivity index (χ0n) is 5.93. The lowest BCUT2D eigenvalue weighted by molar-refractivity contribution is 0.314. The molecule has 0 aromatic heterocycles. The average Bonchev–Trinajstić information content (AvgIpc) is 2.33. The molecule has 1 heteroatoms. The predicted octanol–water partition coefficient (Wildman–Crippen LogP) is 1.73. The van der Waals surface area contributed by atoms with E-state index in [4.69, 9.17) is 5.11 Å². The molecule has 52 valence electrons. The van der Waals surface area contributed by atoms with Crippen LogP contribution in [0.2, 0.25) is 0 Å². The Morgan fingerprint density at radius 1 is 1.78 bits per heavy atom. The Bertz CT molecular complexity index is 116. The zero-order chi connectivity index (χ0) is 6.69. The van der Waals surface area contributed by atoms with Gasteiger partial charge in [-0.2, -0.15) is 0 Å². The molecule has 0 fully saturated rings. The van der Waals surface area contributed by atoms with Crippen molar-refractivity contribution < 1.29 is 5.11 Å². The molecule has 0 unspecified atom stereocenters. The first-order valence-electron chi connectivity index (χ1n) is 3.68. The Hall–Kier alpha value is -0.300. The fraction of sp³-hybridized carbons (Fsp3) is 0.750. The highest BCUT2D eigenvalue weighted by molar-refractivity contribution is 5.12. The number of allylic oxidation sites excluding steroid dienone is 1. The zero-order valence-corrected chi connectivity index (χ0v) is 5.93. The van der Waals surface area contributed by atoms with Gasteiger partial charge in [-0.05, 0) is 30.8 Å². The molecular formula is C8H14O. The Labute approximate surface area is 56.4 Å². The van der Waals surface area contributed by atoms with Gasteiger partial charge in [0.2, 0.25) is 0 Å². The van der Waals surface area contributed by atoms with Gasteiger partial charge in [-0.3, -0.25) is 0 Å². The standard InChI is InChI=1S/C8H14O/c1-2-7-4-3-5-8(7)6-9/h5,7,9H,2-4,6H2,1H3/t7-/m1/s1. The molecule has 0 aliphatic heterocycles. The van der Waals surface area contributed by atoms with Crippen LogP contribution in [0, 0.1) is 5.92 Å². The molecule has 1 aliphatic rings. The van der Waals surface area contributed by atoms with Gasteiger partial charge in [0.25, 0.3) is 0 Å². The summed E-state index contributed by atoms with van der Waals surface area (Å²) < 4.78 is 0. The number of hydrogen-bond acceptors (Lipinski definition) is 1. The Morgan fingerprint density at radius 2 is 2.56 bits per heavy atom. The Morgan fingerprint density at radius 3 is 3.00 bits per heavy atom. The summed E-state index contributed by atoms with van der Waals surface area (Å²) in [4.78, 5) is 0. The lowest BCUT2D eigenvalue weighted by Gasteiger charge is -2.08. The van der Waals surface area contributed by atoms with Gasteiger partial charge in [0.1, 0.15) is 0 Å². The van der Waals surface area contributed by atoms with E-state index < -0.39 is 0 Å². The van der Waals surface area contributed by atoms with E-state index in [0.29, 0.717) is 5.92 Å². The molecule has 1 atom stereocenters. The smallest absolute Gasteiger partial charge is 0.0644 e. The monoisotopic (exact) mass is 126 g/mol. The van der Waals surface area contributed by atoms with Crippen molar-refractivity contribution >= 4 is 0 Å². The summed E-state index contributed by atoms with van der Waals surface area (Å²) in [5.74, 6) is 0.690. The minimum Gasteiger partial charge on any atom is -0.392 e. The van der Waals surface area contributed by atoms with Crippen molar-refractivity contribution in [2.24, 2.45) is 5.92 Å². The van der Waals surface area contributed by atoms with Crippen LogP contribution < -0.4 is 0 Å². The van der Waals surface area contributed by atoms with Gasteiger partial charge in [0.05, 0.1) is 6.61 Å². The summed E-state index contributed by atoms with van der Waals surface area (Å²) in [6.45, 7) is 2.46. The van der Waals surface area contributed by atoms with Crippen molar-refractivity contribution in [3.05, 3.63) is 11.6 Å². The van der Waals surface area contributed by atoms with E-state index in [2.05, 4.69) is 13.0 Å². The Kier molecular flexibility index (Phi) is 2.29. The fourth-order valence-corrected chi connectivity index (χ4v) is 1.48. The van der Waals surface area contributed by atoms with E-state index in [0.717, 1.165) is 0 Å². The molecule has 0 aromatic carbocycles. The molecule has 1 rings (SSSR count). The third-order valence-corrected chi connectivity index (χ3v) is 2.12. The number of hydrogen-bond donors (Lipinski definition) is 1. The summed E-state index contributed by atoms with van der Waals surface area (Å²) >= 11 is 0. The molecule has 1 nitrogen and oxygen atoms in total. The van der Waals surface area contributed by atoms with Crippen LogP contribution in [0.5, 0.6) is 0 Å². The van der Waals surface area contributed by atoms with Gasteiger partial charge < -0.3 is 5.11 Å². The second-order valence-electron chi connectivity index (χ2n) is 2.62. The number of aliphatic hydroxyl groups excluding tert-OH is 1. The van der Waals surface area contributed by atoms with Crippen molar-refractivity contribution in [3.63, 3.8) is 0 Å². The first-order chi connectivity index (χ1) is 4.38. The Balaban J connectivity index is 2.47. The van der Waals surface area contributed by atoms with Crippen molar-refractivity contribution in [1.29, 1.82) is 0 Å². The quantitative estimate of drug-likeness (QED) is 0.558. The van der Waals surface area contributed by atoms with Crippen molar-refractivity contribution in [2.45, 2.75) is 26.2 Å². The molecule has 0 saturated carbocycles. The molecular weight excluding hydrogens is 112 g/mol. The van der Waals surface area contributed by atoms with E-state index in [1.165, 1.54) is 24.8 Å². The van der Waals surface area contributed by atoms with Crippen LogP contribution in [-0.4, -0.2) is 11.7 Å². The number of rotatable bonds is 2. The van der Waals surface area contributed by atoms with Crippen LogP contribution >= 0.6 is 0 Å². The third-order valence-electron chi connectivity index (χ3n) is 2.12. The highest BCUT2D eigenvalue weighted by atomic mass is 16.3. The van der Waals surface area contributed by atoms with Crippen molar-refractivity contribution in [1.82, 2.24) is 0 Å². The normalized spacial score (nSPS) is 26.4. The summed E-state index contributed by atoms with van der Waals surface area (Å²) in [7, 11) is 0. The summed E-state index contributed by atoms with van der Waals surface area (Å²) in [6, 6.07) is 0. The van der Waals surface area contributed by atoms with E-state index in [1.807, 2.05) is 0 Å². The lowest BCUT2D eigenvalue weighted by Crippen LogP contribution is -2.00. The molecule has 0 saturated heterocycles. The van der Waals surface area contributed by atoms with Crippen LogP contribution in [0.15, 0.2) is 11.6 Å². The maximum Gasteiger partial charge on any atom is 0.0644 e. The first-order valence-corrected chi connectivity index (χ1v) is 3.68. The van der Waals surface area contributed by atoms with E-state index in [9.17, 15) is 0 Å². The average molecular weight is 126 g/mol. The summed E-state index contributed by atoms with van der Waals surface area (Å²) in [5.41, 5.74) is 1.26. The van der Waals surface area contributed by atoms with Crippen LogP contribution in [0.4, 0.5) is 0 Å². The van der Waals surface area contributed by atoms with Crippen molar-refractivity contribution in [2.75, 3.05) is 6.61 Å². The minimum atomic E-state index is 0.276. The molecule has 0 radical (unpaired) electrons. The van der Waals surface area contributed by atoms with Crippen molar-refractivity contribution in [3.8, 4) is 0 Å². The molecule has 0 bridgehead atoms. The van der Waals surface area contributed by atoms with Crippen LogP contribution in [-0.2, 0) is 0 Å². The van der Waals surface area contributed by atoms with Gasteiger partial charge >= 0.3 is 0 Å². The third kappa shape index (κ3) is 1.33. The summed E-state index contributed by atoms with van der Waals surface area (Å²) in [5, 5.41) is 8.80. The van der Waals surface area contributed by atoms with Crippen LogP contribution in [0.25, 0.3) is 0 Å². The van der Waals surface area contributed by atoms with E-state index >= 15 is 0 Å². The predicted molar refractivity (Wildman–Crippen MR) is 38.2 cm³/mol. The molecule has 0 aromatic rings. The summed E-state index contributed by atoms with van der Waals surface area (Å²) in [6.07, 6.45) is 5.79. The van der Waals surface area contributed by atoms with E-state index in [1.54, 1.807) is 0 Å². The van der Waals surface area contributed by atoms with Gasteiger partial charge in [0.15, 0.2) is 0 Å². The van der Waals surface area contributed by atoms with Gasteiger partial charge in [-0.25, -0.2) is 0 Å². The fourth-order valence-electron chi connectivity index (χ4n) is 1.48. The second kappa shape index (κ2) is 3.02. The van der Waals surface area contributed by atoms with E-state index in [-0.39, 0.29) is 6.61 Å². The molecule has 0 amide bonds. The first kappa shape index (κ1) is 6.81. The topological polar surface area (TPSA) is 20.2 Å². The maximum atomic E-state index is 8.80. The highest BCUT2D eigenvalue weighted by Gasteiger charge is 2.15. The minimum absolute atomic E-state index is 0.276. The molecule has 9 heavy (non-hydrogen) atoms. The molecule has 0 spiro atoms. The number of aliphatic hydroxyl groups is 1. The molecule has 0 heterocycles. The lowest BCUT2D eigenvalue weighted by atomic mass is 10.00.